The third-order valence-corrected chi connectivity index (χ3v) is 3.09. The van der Waals surface area contributed by atoms with E-state index < -0.39 is 0 Å². The molecule has 0 atom stereocenters. The summed E-state index contributed by atoms with van der Waals surface area (Å²) < 4.78 is 2.01. The molecule has 0 aliphatic carbocycles. The minimum Gasteiger partial charge on any atom is -0.370 e. The topological polar surface area (TPSA) is 93.7 Å². The lowest BCUT2D eigenvalue weighted by atomic mass is 10.2. The fraction of sp³-hybridized carbons (Fsp3) is 0.0667. The average Bonchev–Trinajstić information content (AvgIpc) is 2.89. The Bertz CT molecular complexity index is 768. The van der Waals surface area contributed by atoms with Gasteiger partial charge in [-0.1, -0.05) is 18.2 Å². The molecule has 3 aromatic rings. The molecule has 0 spiro atoms. The Hall–Kier alpha value is -3.02. The zero-order valence-electron chi connectivity index (χ0n) is 11.4. The molecule has 0 radical (unpaired) electrons. The monoisotopic (exact) mass is 280 g/mol. The predicted molar refractivity (Wildman–Crippen MR) is 84.4 cm³/mol. The third-order valence-electron chi connectivity index (χ3n) is 3.09. The van der Waals surface area contributed by atoms with E-state index in [4.69, 9.17) is 11.5 Å². The highest BCUT2D eigenvalue weighted by Crippen LogP contribution is 2.15. The Balaban J connectivity index is 1.71. The van der Waals surface area contributed by atoms with Gasteiger partial charge in [-0.05, 0) is 29.8 Å². The van der Waals surface area contributed by atoms with Crippen LogP contribution in [-0.4, -0.2) is 15.3 Å². The van der Waals surface area contributed by atoms with Crippen LogP contribution < -0.4 is 16.8 Å². The Kier molecular flexibility index (Phi) is 3.42. The lowest BCUT2D eigenvalue weighted by Gasteiger charge is -2.06. The second-order valence-electron chi connectivity index (χ2n) is 4.63. The van der Waals surface area contributed by atoms with Gasteiger partial charge in [0.2, 0.25) is 0 Å². The smallest absolute Gasteiger partial charge is 0.191 e. The molecule has 2 heterocycles. The lowest BCUT2D eigenvalue weighted by molar-refractivity contribution is 1.08. The van der Waals surface area contributed by atoms with E-state index in [-0.39, 0.29) is 5.96 Å². The second-order valence-corrected chi connectivity index (χ2v) is 4.63. The summed E-state index contributed by atoms with van der Waals surface area (Å²) in [6.45, 7) is 0.699. The molecule has 6 nitrogen and oxygen atoms in total. The molecule has 106 valence electrons. The van der Waals surface area contributed by atoms with Crippen LogP contribution >= 0.6 is 0 Å². The second kappa shape index (κ2) is 5.54. The minimum absolute atomic E-state index is 0.0617. The number of rotatable bonds is 4. The first-order valence-electron chi connectivity index (χ1n) is 6.57. The summed E-state index contributed by atoms with van der Waals surface area (Å²) in [6, 6.07) is 13.6. The van der Waals surface area contributed by atoms with Crippen LogP contribution in [0.2, 0.25) is 0 Å². The summed E-state index contributed by atoms with van der Waals surface area (Å²) >= 11 is 0. The highest BCUT2D eigenvalue weighted by molar-refractivity contribution is 5.78. The van der Waals surface area contributed by atoms with Crippen LogP contribution in [0, 0.1) is 0 Å². The number of anilines is 1. The van der Waals surface area contributed by atoms with Crippen molar-refractivity contribution in [3.63, 3.8) is 0 Å². The van der Waals surface area contributed by atoms with Crippen LogP contribution in [0.5, 0.6) is 0 Å². The first kappa shape index (κ1) is 13.0. The van der Waals surface area contributed by atoms with Crippen LogP contribution in [0.4, 0.5) is 11.5 Å². The maximum atomic E-state index is 5.34. The summed E-state index contributed by atoms with van der Waals surface area (Å²) in [5.74, 6) is 1.02. The van der Waals surface area contributed by atoms with Gasteiger partial charge in [0.15, 0.2) is 5.96 Å². The first-order chi connectivity index (χ1) is 10.2. The van der Waals surface area contributed by atoms with Gasteiger partial charge in [0.25, 0.3) is 0 Å². The van der Waals surface area contributed by atoms with Crippen molar-refractivity contribution in [1.82, 2.24) is 9.38 Å². The molecular weight excluding hydrogens is 264 g/mol. The summed E-state index contributed by atoms with van der Waals surface area (Å²) in [4.78, 5) is 8.32. The molecule has 1 aromatic carbocycles. The molecule has 5 N–H and O–H groups in total. The fourth-order valence-corrected chi connectivity index (χ4v) is 2.09. The van der Waals surface area contributed by atoms with Gasteiger partial charge in [0.1, 0.15) is 11.5 Å². The average molecular weight is 280 g/mol. The normalized spacial score (nSPS) is 10.5. The summed E-state index contributed by atoms with van der Waals surface area (Å²) in [7, 11) is 0. The molecule has 6 heteroatoms. The van der Waals surface area contributed by atoms with Crippen molar-refractivity contribution in [2.24, 2.45) is 16.5 Å². The summed E-state index contributed by atoms with van der Waals surface area (Å²) in [5, 5.41) is 3.36. The fourth-order valence-electron chi connectivity index (χ4n) is 2.09. The van der Waals surface area contributed by atoms with Crippen molar-refractivity contribution in [2.45, 2.75) is 6.54 Å². The van der Waals surface area contributed by atoms with E-state index in [0.717, 1.165) is 22.7 Å². The van der Waals surface area contributed by atoms with E-state index in [1.54, 1.807) is 0 Å². The van der Waals surface area contributed by atoms with E-state index >= 15 is 0 Å². The number of nitrogens with two attached hydrogens (primary N) is 2. The van der Waals surface area contributed by atoms with Crippen LogP contribution in [-0.2, 0) is 6.54 Å². The number of nitrogens with one attached hydrogen (secondary N) is 1. The SMILES string of the molecule is NC(N)=Nc1ccc(CNc2cnc3ccccn23)cc1. The van der Waals surface area contributed by atoms with Crippen LogP contribution in [0.1, 0.15) is 5.56 Å². The van der Waals surface area contributed by atoms with Gasteiger partial charge in [0.05, 0.1) is 11.9 Å². The zero-order valence-corrected chi connectivity index (χ0v) is 11.4. The largest absolute Gasteiger partial charge is 0.370 e. The van der Waals surface area contributed by atoms with Crippen molar-refractivity contribution in [3.8, 4) is 0 Å². The van der Waals surface area contributed by atoms with Crippen LogP contribution in [0.3, 0.4) is 0 Å². The number of pyridine rings is 1. The van der Waals surface area contributed by atoms with Gasteiger partial charge in [-0.25, -0.2) is 9.98 Å². The molecule has 2 aromatic heterocycles. The van der Waals surface area contributed by atoms with E-state index in [1.165, 1.54) is 0 Å². The number of aromatic nitrogens is 2. The maximum absolute atomic E-state index is 5.34. The molecule has 0 amide bonds. The molecule has 3 rings (SSSR count). The Morgan fingerprint density at radius 1 is 1.14 bits per heavy atom. The number of aliphatic imine (C=N–C) groups is 1. The number of nitrogens with zero attached hydrogens (tertiary/aromatic N) is 3. The Labute approximate surface area is 122 Å². The molecule has 0 saturated heterocycles. The van der Waals surface area contributed by atoms with E-state index in [9.17, 15) is 0 Å². The summed E-state index contributed by atoms with van der Waals surface area (Å²) in [6.07, 6.45) is 3.80. The molecule has 0 fully saturated rings. The van der Waals surface area contributed by atoms with Gasteiger partial charge in [-0.15, -0.1) is 0 Å². The van der Waals surface area contributed by atoms with Crippen molar-refractivity contribution >= 4 is 23.1 Å². The van der Waals surface area contributed by atoms with Gasteiger partial charge >= 0.3 is 0 Å². The quantitative estimate of drug-likeness (QED) is 0.502. The van der Waals surface area contributed by atoms with Gasteiger partial charge in [0, 0.05) is 12.7 Å². The maximum Gasteiger partial charge on any atom is 0.191 e. The zero-order chi connectivity index (χ0) is 14.7. The highest BCUT2D eigenvalue weighted by atomic mass is 15.1. The summed E-state index contributed by atoms with van der Waals surface area (Å²) in [5.41, 5.74) is 13.5. The number of guanidine groups is 1. The van der Waals surface area contributed by atoms with E-state index in [2.05, 4.69) is 15.3 Å². The standard InChI is InChI=1S/C15H16N6/c16-15(17)20-12-6-4-11(5-7-12)9-18-14-10-19-13-3-1-2-8-21(13)14/h1-8,10,18H,9H2,(H4,16,17,20). The predicted octanol–water partition coefficient (Wildman–Crippen LogP) is 1.85. The van der Waals surface area contributed by atoms with Crippen LogP contribution in [0.25, 0.3) is 5.65 Å². The van der Waals surface area contributed by atoms with Gasteiger partial charge in [-0.2, -0.15) is 0 Å². The number of benzene rings is 1. The first-order valence-corrected chi connectivity index (χ1v) is 6.57. The van der Waals surface area contributed by atoms with Gasteiger partial charge < -0.3 is 16.8 Å². The van der Waals surface area contributed by atoms with Crippen molar-refractivity contribution < 1.29 is 0 Å². The minimum atomic E-state index is 0.0617. The number of hydrogen-bond acceptors (Lipinski definition) is 3. The molecule has 0 aliphatic heterocycles. The molecule has 0 unspecified atom stereocenters. The number of imidazole rings is 1. The molecular formula is C15H16N6. The Morgan fingerprint density at radius 2 is 1.95 bits per heavy atom. The molecule has 0 saturated carbocycles. The third kappa shape index (κ3) is 2.94. The van der Waals surface area contributed by atoms with E-state index in [0.29, 0.717) is 6.54 Å². The lowest BCUT2D eigenvalue weighted by Crippen LogP contribution is -2.21. The van der Waals surface area contributed by atoms with Crippen molar-refractivity contribution in [2.75, 3.05) is 5.32 Å². The van der Waals surface area contributed by atoms with Gasteiger partial charge in [-0.3, -0.25) is 4.40 Å². The number of hydrogen-bond donors (Lipinski definition) is 3. The van der Waals surface area contributed by atoms with Crippen molar-refractivity contribution in [3.05, 3.63) is 60.4 Å². The molecule has 21 heavy (non-hydrogen) atoms. The van der Waals surface area contributed by atoms with Crippen molar-refractivity contribution in [1.29, 1.82) is 0 Å². The van der Waals surface area contributed by atoms with Crippen LogP contribution in [0.15, 0.2) is 59.9 Å². The number of fused-ring (bicyclic) bond motifs is 1. The highest BCUT2D eigenvalue weighted by Gasteiger charge is 2.01. The Morgan fingerprint density at radius 3 is 2.71 bits per heavy atom. The molecule has 0 aliphatic rings. The van der Waals surface area contributed by atoms with E-state index in [1.807, 2.05) is 59.3 Å². The molecule has 0 bridgehead atoms.